The number of carbonyl (C=O) groups is 1. The number of morpholine rings is 1. The fraction of sp³-hybridized carbons (Fsp3) is 0.933. The van der Waals surface area contributed by atoms with E-state index in [1.54, 1.807) is 0 Å². The van der Waals surface area contributed by atoms with E-state index in [9.17, 15) is 4.79 Å². The molecule has 0 saturated carbocycles. The highest BCUT2D eigenvalue weighted by Gasteiger charge is 2.39. The number of Topliss-reactive ketones (excluding diaryl/α,β-unsaturated/α-hetero) is 1. The number of nitrogens with zero attached hydrogens (tertiary/aromatic N) is 1. The van der Waals surface area contributed by atoms with Gasteiger partial charge in [0.05, 0.1) is 26.4 Å². The molecule has 0 aliphatic carbocycles. The highest BCUT2D eigenvalue weighted by molar-refractivity contribution is 5.81. The largest absolute Gasteiger partial charge is 0.378 e. The molecule has 2 bridgehead atoms. The molecule has 0 aromatic heterocycles. The number of ketones is 1. The maximum absolute atomic E-state index is 12.4. The van der Waals surface area contributed by atoms with Gasteiger partial charge in [0.2, 0.25) is 0 Å². The summed E-state index contributed by atoms with van der Waals surface area (Å²) < 4.78 is 16.6. The molecule has 3 saturated heterocycles. The van der Waals surface area contributed by atoms with Gasteiger partial charge in [-0.3, -0.25) is 9.69 Å². The van der Waals surface area contributed by atoms with Gasteiger partial charge < -0.3 is 14.2 Å². The normalized spacial score (nSPS) is 36.0. The number of hydrogen-bond donors (Lipinski definition) is 0. The Kier molecular flexibility index (Phi) is 4.71. The lowest BCUT2D eigenvalue weighted by atomic mass is 9.82. The molecule has 2 atom stereocenters. The third-order valence-electron chi connectivity index (χ3n) is 4.86. The summed E-state index contributed by atoms with van der Waals surface area (Å²) in [6, 6.07) is 0.831. The molecule has 0 aromatic rings. The van der Waals surface area contributed by atoms with Gasteiger partial charge in [0.1, 0.15) is 5.78 Å². The topological polar surface area (TPSA) is 48.0 Å². The van der Waals surface area contributed by atoms with E-state index in [-0.39, 0.29) is 12.2 Å². The van der Waals surface area contributed by atoms with Gasteiger partial charge in [-0.05, 0) is 26.3 Å². The number of carbonyl (C=O) groups excluding carboxylic acids is 1. The van der Waals surface area contributed by atoms with Gasteiger partial charge in [-0.1, -0.05) is 0 Å². The Bertz CT molecular complexity index is 329. The first-order chi connectivity index (χ1) is 9.74. The first kappa shape index (κ1) is 14.4. The van der Waals surface area contributed by atoms with E-state index in [4.69, 9.17) is 14.2 Å². The smallest absolute Gasteiger partial charge is 0.157 e. The molecule has 3 aliphatic heterocycles. The van der Waals surface area contributed by atoms with E-state index in [0.29, 0.717) is 30.7 Å². The number of rotatable bonds is 4. The van der Waals surface area contributed by atoms with E-state index < -0.39 is 0 Å². The third kappa shape index (κ3) is 3.22. The molecule has 0 spiro atoms. The summed E-state index contributed by atoms with van der Waals surface area (Å²) >= 11 is 0. The van der Waals surface area contributed by atoms with Crippen molar-refractivity contribution < 1.29 is 19.0 Å². The first-order valence-corrected chi connectivity index (χ1v) is 7.79. The number of likely N-dealkylation sites (N-methyl/N-ethyl adjacent to an activating group) is 1. The van der Waals surface area contributed by atoms with Crippen LogP contribution < -0.4 is 0 Å². The van der Waals surface area contributed by atoms with E-state index in [0.717, 1.165) is 45.7 Å². The molecule has 5 nitrogen and oxygen atoms in total. The van der Waals surface area contributed by atoms with Gasteiger partial charge >= 0.3 is 0 Å². The zero-order valence-corrected chi connectivity index (χ0v) is 12.3. The fourth-order valence-corrected chi connectivity index (χ4v) is 3.53. The minimum absolute atomic E-state index is 0.165. The molecular weight excluding hydrogens is 258 g/mol. The van der Waals surface area contributed by atoms with Crippen molar-refractivity contribution in [2.45, 2.75) is 50.5 Å². The molecule has 2 unspecified atom stereocenters. The van der Waals surface area contributed by atoms with Crippen molar-refractivity contribution in [1.29, 1.82) is 0 Å². The lowest BCUT2D eigenvalue weighted by Crippen LogP contribution is -2.55. The molecule has 3 fully saturated rings. The van der Waals surface area contributed by atoms with Crippen molar-refractivity contribution >= 4 is 5.78 Å². The van der Waals surface area contributed by atoms with Crippen molar-refractivity contribution in [2.75, 3.05) is 33.5 Å². The van der Waals surface area contributed by atoms with E-state index in [1.807, 2.05) is 0 Å². The van der Waals surface area contributed by atoms with Crippen LogP contribution in [0.15, 0.2) is 0 Å². The van der Waals surface area contributed by atoms with E-state index in [1.165, 1.54) is 0 Å². The lowest BCUT2D eigenvalue weighted by Gasteiger charge is -2.46. The highest BCUT2D eigenvalue weighted by Crippen LogP contribution is 2.31. The molecule has 0 N–H and O–H groups in total. The van der Waals surface area contributed by atoms with Gasteiger partial charge in [-0.25, -0.2) is 0 Å². The summed E-state index contributed by atoms with van der Waals surface area (Å²) in [6.07, 6.45) is 3.97. The molecule has 5 heteroatoms. The Hall–Kier alpha value is -0.490. The second kappa shape index (κ2) is 6.52. The van der Waals surface area contributed by atoms with Crippen LogP contribution in [0, 0.1) is 5.92 Å². The second-order valence-corrected chi connectivity index (χ2v) is 6.21. The van der Waals surface area contributed by atoms with Crippen LogP contribution in [-0.2, 0) is 19.0 Å². The first-order valence-electron chi connectivity index (χ1n) is 7.79. The summed E-state index contributed by atoms with van der Waals surface area (Å²) in [4.78, 5) is 14.8. The Morgan fingerprint density at radius 3 is 2.45 bits per heavy atom. The molecule has 3 aliphatic rings. The minimum Gasteiger partial charge on any atom is -0.378 e. The maximum atomic E-state index is 12.4. The van der Waals surface area contributed by atoms with Gasteiger partial charge in [0.15, 0.2) is 6.29 Å². The van der Waals surface area contributed by atoms with Gasteiger partial charge in [-0.15, -0.1) is 0 Å². The Morgan fingerprint density at radius 1 is 1.15 bits per heavy atom. The predicted octanol–water partition coefficient (Wildman–Crippen LogP) is 1.21. The minimum atomic E-state index is -0.165. The number of hydrogen-bond acceptors (Lipinski definition) is 5. The summed E-state index contributed by atoms with van der Waals surface area (Å²) in [7, 11) is 2.16. The predicted molar refractivity (Wildman–Crippen MR) is 73.4 cm³/mol. The van der Waals surface area contributed by atoms with Crippen LogP contribution >= 0.6 is 0 Å². The fourth-order valence-electron chi connectivity index (χ4n) is 3.53. The van der Waals surface area contributed by atoms with Crippen LogP contribution in [0.2, 0.25) is 0 Å². The lowest BCUT2D eigenvalue weighted by molar-refractivity contribution is -0.182. The van der Waals surface area contributed by atoms with Crippen LogP contribution in [0.1, 0.15) is 32.1 Å². The van der Waals surface area contributed by atoms with Crippen molar-refractivity contribution in [3.05, 3.63) is 0 Å². The molecule has 0 amide bonds. The zero-order chi connectivity index (χ0) is 13.9. The molecule has 20 heavy (non-hydrogen) atoms. The Labute approximate surface area is 120 Å². The van der Waals surface area contributed by atoms with Crippen molar-refractivity contribution in [3.8, 4) is 0 Å². The number of piperidine rings is 1. The molecule has 3 heterocycles. The van der Waals surface area contributed by atoms with Crippen LogP contribution in [0.4, 0.5) is 0 Å². The quantitative estimate of drug-likeness (QED) is 0.776. The summed E-state index contributed by atoms with van der Waals surface area (Å²) in [6.45, 7) is 3.06. The van der Waals surface area contributed by atoms with Crippen molar-refractivity contribution in [3.63, 3.8) is 0 Å². The van der Waals surface area contributed by atoms with Gasteiger partial charge in [0, 0.05) is 30.8 Å². The molecule has 114 valence electrons. The standard InChI is InChI=1S/C15H25NO4/c1-16-12-7-11(8-13(16)10-18-9-12)14(17)3-4-15-19-5-2-6-20-15/h11-13,15H,2-10H2,1H3. The molecule has 0 aromatic carbocycles. The third-order valence-corrected chi connectivity index (χ3v) is 4.86. The van der Waals surface area contributed by atoms with Gasteiger partial charge in [-0.2, -0.15) is 0 Å². The second-order valence-electron chi connectivity index (χ2n) is 6.21. The molecular formula is C15H25NO4. The average molecular weight is 283 g/mol. The van der Waals surface area contributed by atoms with Gasteiger partial charge in [0.25, 0.3) is 0 Å². The summed E-state index contributed by atoms with van der Waals surface area (Å²) in [5.74, 6) is 0.585. The summed E-state index contributed by atoms with van der Waals surface area (Å²) in [5, 5.41) is 0. The SMILES string of the molecule is CN1C2COCC1CC(C(=O)CCC1OCCCO1)C2. The van der Waals surface area contributed by atoms with E-state index >= 15 is 0 Å². The van der Waals surface area contributed by atoms with Crippen LogP contribution in [-0.4, -0.2) is 62.5 Å². The highest BCUT2D eigenvalue weighted by atomic mass is 16.7. The average Bonchev–Trinajstić information content (AvgIpc) is 2.45. The van der Waals surface area contributed by atoms with E-state index in [2.05, 4.69) is 11.9 Å². The molecule has 0 radical (unpaired) electrons. The van der Waals surface area contributed by atoms with Crippen molar-refractivity contribution in [1.82, 2.24) is 4.90 Å². The molecule has 3 rings (SSSR count). The van der Waals surface area contributed by atoms with Crippen LogP contribution in [0.25, 0.3) is 0 Å². The Morgan fingerprint density at radius 2 is 1.80 bits per heavy atom. The van der Waals surface area contributed by atoms with Crippen molar-refractivity contribution in [2.24, 2.45) is 5.92 Å². The number of fused-ring (bicyclic) bond motifs is 2. The zero-order valence-electron chi connectivity index (χ0n) is 12.3. The summed E-state index contributed by atoms with van der Waals surface area (Å²) in [5.41, 5.74) is 0. The van der Waals surface area contributed by atoms with Crippen LogP contribution in [0.5, 0.6) is 0 Å². The Balaban J connectivity index is 1.47. The maximum Gasteiger partial charge on any atom is 0.157 e. The monoisotopic (exact) mass is 283 g/mol. The van der Waals surface area contributed by atoms with Crippen LogP contribution in [0.3, 0.4) is 0 Å². The number of ether oxygens (including phenoxy) is 3.